The van der Waals surface area contributed by atoms with E-state index in [1.54, 1.807) is 11.0 Å². The van der Waals surface area contributed by atoms with Gasteiger partial charge < -0.3 is 19.4 Å². The molecule has 2 N–H and O–H groups in total. The highest BCUT2D eigenvalue weighted by Gasteiger charge is 2.23. The van der Waals surface area contributed by atoms with Crippen LogP contribution in [0.1, 0.15) is 26.7 Å². The van der Waals surface area contributed by atoms with E-state index in [2.05, 4.69) is 10.3 Å². The summed E-state index contributed by atoms with van der Waals surface area (Å²) < 4.78 is 10.3. The second-order valence-corrected chi connectivity index (χ2v) is 6.60. The lowest BCUT2D eigenvalue weighted by atomic mass is 10.0. The van der Waals surface area contributed by atoms with Crippen molar-refractivity contribution in [2.24, 2.45) is 5.92 Å². The Morgan fingerprint density at radius 2 is 2.17 bits per heavy atom. The fraction of sp³-hybridized carbons (Fsp3) is 0.529. The van der Waals surface area contributed by atoms with E-state index in [1.165, 1.54) is 0 Å². The van der Waals surface area contributed by atoms with Crippen molar-refractivity contribution in [3.63, 3.8) is 0 Å². The van der Waals surface area contributed by atoms with Crippen LogP contribution in [0.3, 0.4) is 0 Å². The van der Waals surface area contributed by atoms with Gasteiger partial charge in [-0.3, -0.25) is 4.98 Å². The smallest absolute Gasteiger partial charge is 0.417 e. The first-order valence-electron chi connectivity index (χ1n) is 8.32. The summed E-state index contributed by atoms with van der Waals surface area (Å²) in [5.74, 6) is -0.104. The standard InChI is InChI=1S/C17H23N3O4/c1-11(2)10-23-17(22)20-7-5-12(6-8-20)18-13-3-4-15-14(9-13)19-16(21)24-15/h3-4,9,11-12,18H,5-8,10H2,1-2H3,(H,19,21). The van der Waals surface area contributed by atoms with Gasteiger partial charge in [0.05, 0.1) is 12.1 Å². The molecule has 7 heteroatoms. The zero-order valence-electron chi connectivity index (χ0n) is 14.0. The van der Waals surface area contributed by atoms with Gasteiger partial charge in [-0.25, -0.2) is 9.59 Å². The van der Waals surface area contributed by atoms with Gasteiger partial charge in [0.25, 0.3) is 0 Å². The maximum atomic E-state index is 12.0. The van der Waals surface area contributed by atoms with Crippen LogP contribution in [0.25, 0.3) is 11.1 Å². The number of nitrogens with one attached hydrogen (secondary N) is 2. The maximum absolute atomic E-state index is 12.0. The summed E-state index contributed by atoms with van der Waals surface area (Å²) in [6.45, 7) is 5.86. The third-order valence-electron chi connectivity index (χ3n) is 4.08. The lowest BCUT2D eigenvalue weighted by Gasteiger charge is -2.32. The number of rotatable bonds is 4. The van der Waals surface area contributed by atoms with Crippen molar-refractivity contribution in [3.8, 4) is 0 Å². The minimum Gasteiger partial charge on any atom is -0.449 e. The molecule has 0 saturated carbocycles. The van der Waals surface area contributed by atoms with Crippen LogP contribution in [-0.2, 0) is 4.74 Å². The van der Waals surface area contributed by atoms with E-state index in [4.69, 9.17) is 9.15 Å². The molecule has 2 heterocycles. The molecule has 1 aliphatic heterocycles. The van der Waals surface area contributed by atoms with E-state index in [0.29, 0.717) is 36.7 Å². The molecule has 0 radical (unpaired) electrons. The molecule has 3 rings (SSSR count). The highest BCUT2D eigenvalue weighted by molar-refractivity contribution is 5.76. The minimum atomic E-state index is -0.449. The Bertz CT molecular complexity index is 757. The highest BCUT2D eigenvalue weighted by atomic mass is 16.6. The second-order valence-electron chi connectivity index (χ2n) is 6.60. The number of fused-ring (bicyclic) bond motifs is 1. The van der Waals surface area contributed by atoms with E-state index in [9.17, 15) is 9.59 Å². The van der Waals surface area contributed by atoms with Crippen molar-refractivity contribution in [1.82, 2.24) is 9.88 Å². The Balaban J connectivity index is 1.52. The van der Waals surface area contributed by atoms with Crippen molar-refractivity contribution in [1.29, 1.82) is 0 Å². The Labute approximate surface area is 140 Å². The lowest BCUT2D eigenvalue weighted by Crippen LogP contribution is -2.42. The summed E-state index contributed by atoms with van der Waals surface area (Å²) >= 11 is 0. The van der Waals surface area contributed by atoms with Crippen LogP contribution in [0.5, 0.6) is 0 Å². The minimum absolute atomic E-state index is 0.223. The fourth-order valence-electron chi connectivity index (χ4n) is 2.81. The monoisotopic (exact) mass is 333 g/mol. The van der Waals surface area contributed by atoms with E-state index < -0.39 is 5.76 Å². The number of carbonyl (C=O) groups is 1. The normalized spacial score (nSPS) is 15.9. The third-order valence-corrected chi connectivity index (χ3v) is 4.08. The maximum Gasteiger partial charge on any atom is 0.417 e. The molecule has 24 heavy (non-hydrogen) atoms. The van der Waals surface area contributed by atoms with Gasteiger partial charge in [-0.1, -0.05) is 13.8 Å². The lowest BCUT2D eigenvalue weighted by molar-refractivity contribution is 0.0845. The number of hydrogen-bond donors (Lipinski definition) is 2. The van der Waals surface area contributed by atoms with Gasteiger partial charge in [0.15, 0.2) is 5.58 Å². The van der Waals surface area contributed by atoms with Crippen molar-refractivity contribution in [2.45, 2.75) is 32.7 Å². The Hall–Kier alpha value is -2.44. The molecule has 0 aliphatic carbocycles. The van der Waals surface area contributed by atoms with Gasteiger partial charge in [0.1, 0.15) is 0 Å². The zero-order valence-corrected chi connectivity index (χ0v) is 14.0. The van der Waals surface area contributed by atoms with E-state index in [-0.39, 0.29) is 12.1 Å². The molecule has 1 fully saturated rings. The van der Waals surface area contributed by atoms with Crippen LogP contribution in [0.2, 0.25) is 0 Å². The topological polar surface area (TPSA) is 87.6 Å². The molecule has 0 spiro atoms. The SMILES string of the molecule is CC(C)COC(=O)N1CCC(Nc2ccc3oc(=O)[nH]c3c2)CC1. The van der Waals surface area contributed by atoms with Gasteiger partial charge in [0.2, 0.25) is 0 Å². The number of H-pyrrole nitrogens is 1. The van der Waals surface area contributed by atoms with Gasteiger partial charge >= 0.3 is 11.8 Å². The quantitative estimate of drug-likeness (QED) is 0.898. The number of amides is 1. The number of ether oxygens (including phenoxy) is 1. The Kier molecular flexibility index (Phi) is 4.78. The van der Waals surface area contributed by atoms with Crippen molar-refractivity contribution in [3.05, 3.63) is 28.7 Å². The Morgan fingerprint density at radius 3 is 2.88 bits per heavy atom. The molecule has 0 atom stereocenters. The van der Waals surface area contributed by atoms with Gasteiger partial charge in [-0.2, -0.15) is 0 Å². The number of hydrogen-bond acceptors (Lipinski definition) is 5. The molecule has 0 unspecified atom stereocenters. The Morgan fingerprint density at radius 1 is 1.42 bits per heavy atom. The van der Waals surface area contributed by atoms with E-state index >= 15 is 0 Å². The van der Waals surface area contributed by atoms with E-state index in [0.717, 1.165) is 18.5 Å². The summed E-state index contributed by atoms with van der Waals surface area (Å²) in [5.41, 5.74) is 2.16. The predicted molar refractivity (Wildman–Crippen MR) is 91.2 cm³/mol. The number of piperidine rings is 1. The first-order valence-corrected chi connectivity index (χ1v) is 8.32. The first kappa shape index (κ1) is 16.4. The number of likely N-dealkylation sites (tertiary alicyclic amines) is 1. The number of aromatic amines is 1. The zero-order chi connectivity index (χ0) is 17.1. The molecule has 1 aliphatic rings. The summed E-state index contributed by atoms with van der Waals surface area (Å²) in [7, 11) is 0. The first-order chi connectivity index (χ1) is 11.5. The summed E-state index contributed by atoms with van der Waals surface area (Å²) in [6, 6.07) is 5.81. The van der Waals surface area contributed by atoms with Crippen molar-refractivity contribution >= 4 is 22.9 Å². The van der Waals surface area contributed by atoms with Crippen LogP contribution >= 0.6 is 0 Å². The van der Waals surface area contributed by atoms with Crippen molar-refractivity contribution in [2.75, 3.05) is 25.0 Å². The van der Waals surface area contributed by atoms with Gasteiger partial charge in [0, 0.05) is 24.8 Å². The molecule has 7 nitrogen and oxygen atoms in total. The van der Waals surface area contributed by atoms with Gasteiger partial charge in [-0.05, 0) is 37.0 Å². The number of benzene rings is 1. The van der Waals surface area contributed by atoms with Crippen LogP contribution in [0.4, 0.5) is 10.5 Å². The average molecular weight is 333 g/mol. The third kappa shape index (κ3) is 3.90. The molecular weight excluding hydrogens is 310 g/mol. The van der Waals surface area contributed by atoms with E-state index in [1.807, 2.05) is 26.0 Å². The van der Waals surface area contributed by atoms with Crippen LogP contribution in [0.15, 0.2) is 27.4 Å². The molecule has 1 saturated heterocycles. The molecule has 1 amide bonds. The van der Waals surface area contributed by atoms with Crippen molar-refractivity contribution < 1.29 is 13.9 Å². The molecule has 1 aromatic carbocycles. The number of carbonyl (C=O) groups excluding carboxylic acids is 1. The van der Waals surface area contributed by atoms with Crippen LogP contribution < -0.4 is 11.1 Å². The molecule has 0 bridgehead atoms. The molecule has 130 valence electrons. The average Bonchev–Trinajstić information content (AvgIpc) is 2.92. The fourth-order valence-corrected chi connectivity index (χ4v) is 2.81. The number of nitrogens with zero attached hydrogens (tertiary/aromatic N) is 1. The molecule has 2 aromatic rings. The summed E-state index contributed by atoms with van der Waals surface area (Å²) in [5, 5.41) is 3.45. The second kappa shape index (κ2) is 6.98. The van der Waals surface area contributed by atoms with Crippen LogP contribution in [0, 0.1) is 5.92 Å². The van der Waals surface area contributed by atoms with Gasteiger partial charge in [-0.15, -0.1) is 0 Å². The number of aromatic nitrogens is 1. The number of oxazole rings is 1. The predicted octanol–water partition coefficient (Wildman–Crippen LogP) is 2.79. The highest BCUT2D eigenvalue weighted by Crippen LogP contribution is 2.20. The largest absolute Gasteiger partial charge is 0.449 e. The summed E-state index contributed by atoms with van der Waals surface area (Å²) in [4.78, 5) is 27.6. The molecular formula is C17H23N3O4. The summed E-state index contributed by atoms with van der Waals surface area (Å²) in [6.07, 6.45) is 1.49. The molecule has 1 aromatic heterocycles. The number of anilines is 1. The van der Waals surface area contributed by atoms with Crippen LogP contribution in [-0.4, -0.2) is 41.7 Å².